The van der Waals surface area contributed by atoms with Crippen molar-refractivity contribution in [3.8, 4) is 0 Å². The van der Waals surface area contributed by atoms with Crippen LogP contribution in [0.2, 0.25) is 0 Å². The molecule has 11 unspecified atom stereocenters. The summed E-state index contributed by atoms with van der Waals surface area (Å²) in [6, 6.07) is 62.8. The van der Waals surface area contributed by atoms with Gasteiger partial charge in [0, 0.05) is 123 Å². The number of unbranched alkanes of at least 4 members (excludes halogenated alkanes) is 2. The summed E-state index contributed by atoms with van der Waals surface area (Å²) in [5, 5.41) is 19.0. The number of carboxylic acids is 1. The molecule has 10 aromatic rings. The van der Waals surface area contributed by atoms with E-state index in [1.54, 1.807) is 0 Å². The molecule has 16 nitrogen and oxygen atoms in total. The first-order chi connectivity index (χ1) is 54.6. The van der Waals surface area contributed by atoms with E-state index in [-0.39, 0.29) is 48.4 Å². The SMILES string of the molecule is C.CCC(CC(CC(C)c1ccccc1)c1ccncc1)c1cc[n+](CCCCCC(=O)O)cc1.CCC(CC(CC(C)c1ccccc1)c1ccncc1)c1cc[n+](CCCS(=O)(=O)[O-])cc1.CCC(O)C[n+]1ccc(C(CC(CC)c2cc[n+](CCCS(=O)(=O)[O-])cc2)CC(CC(C)c2ccccc2)c2ccncc2)cc1.[Br-]. The standard InChI is InChI=1S/C38H50N3O4S.C30H38N2O2.C27H34N2O3S.CH4.BrH/c1-4-31(34-14-21-40(22-15-34)20-9-25-46(43,44)45)27-37(35-16-23-41(24-17-35)29-38(42)5-2)28-36(33-12-18-39-19-13-33)26-30(3)32-10-7-6-8-11-32;1-3-25(28-15-20-32(21-16-28)19-9-5-8-12-30(33)34)23-29(27-13-17-31-18-14-27)22-24(2)26-10-6-4-7-11-26;1-3-23(26-12-17-29(18-13-26)16-7-19-33(30,31)32)21-27(25-10-14-28-15-11-25)20-22(2)24-8-5-4-6-9-24;;/h6-8,10-19,21-24,30-31,36-38,42H,4-5,9,20,25-29H2,1-3H3;4,6-7,10-11,13-18,20-21,24-25,29H,3,5,8-9,12,19,22-23H2,1-2H3;4-6,8-15,17-18,22-23,27H,3,7,16,19-21H2,1-2H3;1H4;1H/q+1;;;;. The van der Waals surface area contributed by atoms with E-state index < -0.39 is 26.2 Å². The number of aliphatic hydroxyl groups excluding tert-OH is 1. The van der Waals surface area contributed by atoms with Crippen molar-refractivity contribution >= 4 is 26.2 Å². The molecule has 0 spiro atoms. The number of hydrogen-bond acceptors (Lipinski definition) is 11. The van der Waals surface area contributed by atoms with Gasteiger partial charge in [-0.25, -0.2) is 35.1 Å². The van der Waals surface area contributed by atoms with Crippen LogP contribution in [0.1, 0.15) is 280 Å². The van der Waals surface area contributed by atoms with E-state index in [2.05, 4.69) is 266 Å². The molecule has 115 heavy (non-hydrogen) atoms. The van der Waals surface area contributed by atoms with Crippen molar-refractivity contribution in [2.45, 2.75) is 257 Å². The predicted molar refractivity (Wildman–Crippen MR) is 454 cm³/mol. The second-order valence-corrected chi connectivity index (χ2v) is 34.0. The van der Waals surface area contributed by atoms with Crippen LogP contribution in [-0.4, -0.2) is 74.7 Å². The fraction of sp³-hybridized carbons (Fsp3) is 0.438. The maximum Gasteiger partial charge on any atom is 0.303 e. The van der Waals surface area contributed by atoms with Crippen molar-refractivity contribution in [1.82, 2.24) is 15.0 Å². The third-order valence-corrected chi connectivity index (χ3v) is 24.3. The Hall–Kier alpha value is -8.56. The van der Waals surface area contributed by atoms with E-state index in [0.717, 1.165) is 96.4 Å². The predicted octanol–water partition coefficient (Wildman–Crippen LogP) is 16.1. The molecule has 0 saturated carbocycles. The third-order valence-electron chi connectivity index (χ3n) is 22.7. The maximum atomic E-state index is 11.0. The number of aliphatic hydroxyl groups is 1. The zero-order valence-electron chi connectivity index (χ0n) is 68.0. The molecule has 0 bridgehead atoms. The van der Waals surface area contributed by atoms with Crippen LogP contribution in [0.3, 0.4) is 0 Å². The normalized spacial score (nSPS) is 14.3. The molecule has 2 N–H and O–H groups in total. The number of pyridine rings is 7. The first kappa shape index (κ1) is 95.3. The number of benzene rings is 3. The molecule has 0 aliphatic rings. The molecule has 0 amide bonds. The van der Waals surface area contributed by atoms with Crippen LogP contribution in [0, 0.1) is 0 Å². The Morgan fingerprint density at radius 3 is 0.887 bits per heavy atom. The van der Waals surface area contributed by atoms with E-state index in [9.17, 15) is 35.8 Å². The van der Waals surface area contributed by atoms with Gasteiger partial charge in [0.1, 0.15) is 25.7 Å². The number of halogens is 1. The van der Waals surface area contributed by atoms with Crippen molar-refractivity contribution < 1.29 is 76.2 Å². The highest BCUT2D eigenvalue weighted by Crippen LogP contribution is 2.43. The highest BCUT2D eigenvalue weighted by atomic mass is 79.9. The Balaban J connectivity index is 0.000000271. The van der Waals surface area contributed by atoms with Gasteiger partial charge in [0.2, 0.25) is 0 Å². The third kappa shape index (κ3) is 34.3. The van der Waals surface area contributed by atoms with Gasteiger partial charge in [-0.05, 0) is 235 Å². The van der Waals surface area contributed by atoms with Gasteiger partial charge in [-0.15, -0.1) is 0 Å². The lowest BCUT2D eigenvalue weighted by molar-refractivity contribution is -0.703. The smallest absolute Gasteiger partial charge is 0.303 e. The molecule has 0 aliphatic carbocycles. The fourth-order valence-electron chi connectivity index (χ4n) is 15.9. The zero-order valence-corrected chi connectivity index (χ0v) is 71.2. The first-order valence-corrected chi connectivity index (χ1v) is 44.3. The number of aliphatic carboxylic acids is 1. The highest BCUT2D eigenvalue weighted by molar-refractivity contribution is 7.85. The van der Waals surface area contributed by atoms with Crippen molar-refractivity contribution in [1.29, 1.82) is 0 Å². The quantitative estimate of drug-likeness (QED) is 0.0207. The molecule has 7 aromatic heterocycles. The van der Waals surface area contributed by atoms with Gasteiger partial charge in [0.25, 0.3) is 0 Å². The molecule has 0 radical (unpaired) electrons. The van der Waals surface area contributed by atoms with Gasteiger partial charge in [-0.3, -0.25) is 19.7 Å². The number of rotatable bonds is 44. The Morgan fingerprint density at radius 2 is 0.609 bits per heavy atom. The van der Waals surface area contributed by atoms with Crippen LogP contribution in [0.25, 0.3) is 0 Å². The lowest BCUT2D eigenvalue weighted by Crippen LogP contribution is -3.00. The molecule has 618 valence electrons. The van der Waals surface area contributed by atoms with Crippen molar-refractivity contribution in [3.05, 3.63) is 318 Å². The molecule has 10 rings (SSSR count). The van der Waals surface area contributed by atoms with E-state index in [4.69, 9.17) is 5.11 Å². The fourth-order valence-corrected chi connectivity index (χ4v) is 16.9. The summed E-state index contributed by atoms with van der Waals surface area (Å²) in [5.74, 6) is 2.76. The van der Waals surface area contributed by atoms with Crippen molar-refractivity contribution in [3.63, 3.8) is 0 Å². The first-order valence-electron chi connectivity index (χ1n) is 41.1. The van der Waals surface area contributed by atoms with E-state index in [1.165, 1.54) is 55.6 Å². The number of carboxylic acid groups (broad SMARTS) is 1. The van der Waals surface area contributed by atoms with Crippen LogP contribution < -0.4 is 35.2 Å². The molecule has 0 fully saturated rings. The van der Waals surface area contributed by atoms with E-state index in [0.29, 0.717) is 91.7 Å². The monoisotopic (exact) mass is 1660 g/mol. The van der Waals surface area contributed by atoms with Gasteiger partial charge < -0.3 is 36.3 Å². The molecule has 11 atom stereocenters. The van der Waals surface area contributed by atoms with Crippen LogP contribution in [0.5, 0.6) is 0 Å². The number of aryl methyl sites for hydroxylation is 3. The van der Waals surface area contributed by atoms with Gasteiger partial charge >= 0.3 is 5.97 Å². The van der Waals surface area contributed by atoms with Crippen LogP contribution >= 0.6 is 0 Å². The summed E-state index contributed by atoms with van der Waals surface area (Å²) in [5.41, 5.74) is 13.4. The average molecular weight is 1670 g/mol. The number of nitrogens with zero attached hydrogens (tertiary/aromatic N) is 7. The van der Waals surface area contributed by atoms with E-state index in [1.807, 2.05) is 78.0 Å². The highest BCUT2D eigenvalue weighted by Gasteiger charge is 2.29. The lowest BCUT2D eigenvalue weighted by Gasteiger charge is -2.29. The van der Waals surface area contributed by atoms with Crippen LogP contribution in [0.15, 0.2) is 263 Å². The summed E-state index contributed by atoms with van der Waals surface area (Å²) >= 11 is 0. The van der Waals surface area contributed by atoms with Gasteiger partial charge in [-0.1, -0.05) is 147 Å². The minimum Gasteiger partial charge on any atom is -1.00 e. The number of aromatic nitrogens is 7. The van der Waals surface area contributed by atoms with Crippen molar-refractivity contribution in [2.75, 3.05) is 11.5 Å². The van der Waals surface area contributed by atoms with E-state index >= 15 is 0 Å². The molecular weight excluding hydrogens is 1540 g/mol. The lowest BCUT2D eigenvalue weighted by atomic mass is 9.75. The molecule has 19 heteroatoms. The summed E-state index contributed by atoms with van der Waals surface area (Å²) < 4.78 is 73.7. The minimum atomic E-state index is -4.20. The molecule has 7 heterocycles. The topological polar surface area (TPSA) is 226 Å². The zero-order chi connectivity index (χ0) is 80.8. The largest absolute Gasteiger partial charge is 1.00 e. The average Bonchev–Trinajstić information content (AvgIpc) is 0.830. The van der Waals surface area contributed by atoms with Crippen molar-refractivity contribution in [2.24, 2.45) is 0 Å². The van der Waals surface area contributed by atoms with Gasteiger partial charge in [-0.2, -0.15) is 0 Å². The Morgan fingerprint density at radius 1 is 0.348 bits per heavy atom. The second-order valence-electron chi connectivity index (χ2n) is 31.0. The molecule has 0 aliphatic heterocycles. The van der Waals surface area contributed by atoms with Gasteiger partial charge in [0.05, 0.1) is 20.2 Å². The summed E-state index contributed by atoms with van der Waals surface area (Å²) in [7, 11) is -8.36. The van der Waals surface area contributed by atoms with Crippen LogP contribution in [-0.2, 0) is 51.2 Å². The number of carbonyl (C=O) groups is 1. The maximum absolute atomic E-state index is 11.0. The minimum absolute atomic E-state index is 0. The summed E-state index contributed by atoms with van der Waals surface area (Å²) in [6.07, 6.45) is 42.4. The Kier molecular flexibility index (Phi) is 42.1. The Bertz CT molecular complexity index is 4520. The molecule has 3 aromatic carbocycles. The number of hydrogen-bond donors (Lipinski definition) is 2. The molecular formula is C96H127BrN7O9S2+. The molecule has 0 saturated heterocycles. The second kappa shape index (κ2) is 50.8. The summed E-state index contributed by atoms with van der Waals surface area (Å²) in [6.45, 7) is 18.3. The summed E-state index contributed by atoms with van der Waals surface area (Å²) in [4.78, 5) is 23.4. The Labute approximate surface area is 699 Å². The van der Waals surface area contributed by atoms with Gasteiger partial charge in [0.15, 0.2) is 56.1 Å². The van der Waals surface area contributed by atoms with Crippen LogP contribution in [0.4, 0.5) is 0 Å².